The monoisotopic (exact) mass is 321 g/mol. The second kappa shape index (κ2) is 7.55. The fourth-order valence-corrected chi connectivity index (χ4v) is 4.49. The molecule has 2 saturated heterocycles. The van der Waals surface area contributed by atoms with Crippen LogP contribution in [0.5, 0.6) is 0 Å². The van der Waals surface area contributed by atoms with Crippen LogP contribution in [-0.4, -0.2) is 52.9 Å². The fourth-order valence-electron chi connectivity index (χ4n) is 3.72. The van der Waals surface area contributed by atoms with Gasteiger partial charge in [-0.1, -0.05) is 12.8 Å². The number of amides is 1. The molecule has 1 aromatic heterocycles. The van der Waals surface area contributed by atoms with Crippen LogP contribution in [-0.2, 0) is 4.79 Å². The van der Waals surface area contributed by atoms with E-state index >= 15 is 0 Å². The molecule has 2 aliphatic rings. The van der Waals surface area contributed by atoms with E-state index in [1.165, 1.54) is 30.7 Å². The molecule has 2 fully saturated rings. The third-order valence-corrected chi connectivity index (χ3v) is 6.02. The van der Waals surface area contributed by atoms with Gasteiger partial charge in [0.1, 0.15) is 0 Å². The number of thiazole rings is 1. The molecule has 5 heteroatoms. The Hall–Kier alpha value is -0.940. The first-order valence-corrected chi connectivity index (χ1v) is 9.56. The van der Waals surface area contributed by atoms with Crippen LogP contribution in [0, 0.1) is 0 Å². The molecule has 4 nitrogen and oxygen atoms in total. The number of carbonyl (C=O) groups excluding carboxylic acids is 1. The third-order valence-electron chi connectivity index (χ3n) is 5.08. The topological polar surface area (TPSA) is 36.4 Å². The Morgan fingerprint density at radius 3 is 2.68 bits per heavy atom. The van der Waals surface area contributed by atoms with E-state index < -0.39 is 0 Å². The molecule has 1 amide bonds. The molecule has 1 aromatic rings. The summed E-state index contributed by atoms with van der Waals surface area (Å²) in [5.74, 6) is 0.761. The van der Waals surface area contributed by atoms with Crippen LogP contribution in [0.15, 0.2) is 11.6 Å². The highest BCUT2D eigenvalue weighted by Gasteiger charge is 2.31. The van der Waals surface area contributed by atoms with Crippen molar-refractivity contribution in [2.75, 3.05) is 26.2 Å². The first-order chi connectivity index (χ1) is 10.8. The lowest BCUT2D eigenvalue weighted by Crippen LogP contribution is -2.50. The Bertz CT molecular complexity index is 468. The number of nitrogens with zero attached hydrogens (tertiary/aromatic N) is 3. The van der Waals surface area contributed by atoms with E-state index in [0.717, 1.165) is 39.0 Å². The molecule has 3 heterocycles. The summed E-state index contributed by atoms with van der Waals surface area (Å²) in [4.78, 5) is 21.8. The van der Waals surface area contributed by atoms with Crippen molar-refractivity contribution in [1.29, 1.82) is 0 Å². The zero-order valence-corrected chi connectivity index (χ0v) is 14.4. The highest BCUT2D eigenvalue weighted by atomic mass is 32.1. The predicted octanol–water partition coefficient (Wildman–Crippen LogP) is 3.11. The van der Waals surface area contributed by atoms with Crippen LogP contribution >= 0.6 is 11.3 Å². The number of hydrogen-bond donors (Lipinski definition) is 0. The van der Waals surface area contributed by atoms with Gasteiger partial charge < -0.3 is 4.90 Å². The summed E-state index contributed by atoms with van der Waals surface area (Å²) in [6, 6.07) is 0.0353. The molecule has 0 spiro atoms. The van der Waals surface area contributed by atoms with Crippen LogP contribution in [0.3, 0.4) is 0 Å². The zero-order valence-electron chi connectivity index (χ0n) is 13.5. The van der Waals surface area contributed by atoms with Crippen molar-refractivity contribution in [3.63, 3.8) is 0 Å². The minimum Gasteiger partial charge on any atom is -0.341 e. The van der Waals surface area contributed by atoms with Crippen molar-refractivity contribution >= 4 is 17.2 Å². The van der Waals surface area contributed by atoms with E-state index in [0.29, 0.717) is 11.8 Å². The van der Waals surface area contributed by atoms with Gasteiger partial charge in [0.05, 0.1) is 11.0 Å². The lowest BCUT2D eigenvalue weighted by molar-refractivity contribution is -0.137. The first kappa shape index (κ1) is 15.9. The molecular weight excluding hydrogens is 294 g/mol. The van der Waals surface area contributed by atoms with Gasteiger partial charge in [-0.25, -0.2) is 4.98 Å². The largest absolute Gasteiger partial charge is 0.341 e. The summed E-state index contributed by atoms with van der Waals surface area (Å²) in [7, 11) is 0. The van der Waals surface area contributed by atoms with Gasteiger partial charge in [-0.15, -0.1) is 11.3 Å². The van der Waals surface area contributed by atoms with E-state index in [-0.39, 0.29) is 6.04 Å². The van der Waals surface area contributed by atoms with Gasteiger partial charge in [0.15, 0.2) is 0 Å². The molecule has 0 radical (unpaired) electrons. The Morgan fingerprint density at radius 2 is 2.00 bits per heavy atom. The highest BCUT2D eigenvalue weighted by molar-refractivity contribution is 7.09. The zero-order chi connectivity index (χ0) is 15.4. The summed E-state index contributed by atoms with van der Waals surface area (Å²) in [5, 5.41) is 3.23. The minimum atomic E-state index is 0.0353. The van der Waals surface area contributed by atoms with E-state index in [1.807, 2.05) is 11.6 Å². The van der Waals surface area contributed by atoms with Gasteiger partial charge in [-0.3, -0.25) is 9.69 Å². The van der Waals surface area contributed by atoms with Gasteiger partial charge in [0.2, 0.25) is 5.91 Å². The lowest BCUT2D eigenvalue weighted by atomic mass is 9.98. The summed E-state index contributed by atoms with van der Waals surface area (Å²) >= 11 is 1.72. The Kier molecular flexibility index (Phi) is 5.47. The van der Waals surface area contributed by atoms with Gasteiger partial charge in [0.25, 0.3) is 0 Å². The predicted molar refractivity (Wildman–Crippen MR) is 90.2 cm³/mol. The standard InChI is InChI=1S/C17H27N3OS/c1-14(19-9-4-2-3-5-10-19)17(21)20-11-6-7-15(13-20)16-18-8-12-22-16/h8,12,14-15H,2-7,9-11,13H2,1H3/t14-,15+/m0/s1. The second-order valence-corrected chi connectivity index (χ2v) is 7.55. The Balaban J connectivity index is 1.60. The summed E-state index contributed by atoms with van der Waals surface area (Å²) in [6.45, 7) is 6.03. The van der Waals surface area contributed by atoms with Crippen LogP contribution in [0.25, 0.3) is 0 Å². The average molecular weight is 321 g/mol. The smallest absolute Gasteiger partial charge is 0.239 e. The number of carbonyl (C=O) groups is 1. The molecule has 0 bridgehead atoms. The summed E-state index contributed by atoms with van der Waals surface area (Å²) < 4.78 is 0. The Labute approximate surface area is 137 Å². The normalized spacial score (nSPS) is 25.7. The van der Waals surface area contributed by atoms with Crippen LogP contribution in [0.2, 0.25) is 0 Å². The van der Waals surface area contributed by atoms with Gasteiger partial charge >= 0.3 is 0 Å². The third kappa shape index (κ3) is 3.69. The number of likely N-dealkylation sites (tertiary alicyclic amines) is 2. The maximum absolute atomic E-state index is 12.9. The summed E-state index contributed by atoms with van der Waals surface area (Å²) in [6.07, 6.45) is 9.23. The number of aromatic nitrogens is 1. The molecule has 0 N–H and O–H groups in total. The number of rotatable bonds is 3. The summed E-state index contributed by atoms with van der Waals surface area (Å²) in [5.41, 5.74) is 0. The van der Waals surface area contributed by atoms with Crippen molar-refractivity contribution in [2.45, 2.75) is 57.4 Å². The van der Waals surface area contributed by atoms with Crippen LogP contribution < -0.4 is 0 Å². The average Bonchev–Trinajstić information content (AvgIpc) is 2.96. The van der Waals surface area contributed by atoms with E-state index in [4.69, 9.17) is 0 Å². The number of hydrogen-bond acceptors (Lipinski definition) is 4. The molecule has 2 aliphatic heterocycles. The quantitative estimate of drug-likeness (QED) is 0.858. The van der Waals surface area contributed by atoms with E-state index in [2.05, 4.69) is 21.7 Å². The molecule has 0 aromatic carbocycles. The molecule has 3 rings (SSSR count). The number of piperidine rings is 1. The second-order valence-electron chi connectivity index (χ2n) is 6.62. The van der Waals surface area contributed by atoms with Crippen molar-refractivity contribution in [3.8, 4) is 0 Å². The molecule has 2 atom stereocenters. The first-order valence-electron chi connectivity index (χ1n) is 8.68. The van der Waals surface area contributed by atoms with E-state index in [1.54, 1.807) is 11.3 Å². The molecule has 122 valence electrons. The molecule has 0 saturated carbocycles. The molecule has 0 unspecified atom stereocenters. The lowest BCUT2D eigenvalue weighted by Gasteiger charge is -2.36. The van der Waals surface area contributed by atoms with Crippen molar-refractivity contribution < 1.29 is 4.79 Å². The Morgan fingerprint density at radius 1 is 1.23 bits per heavy atom. The fraction of sp³-hybridized carbons (Fsp3) is 0.765. The maximum Gasteiger partial charge on any atom is 0.239 e. The van der Waals surface area contributed by atoms with Gasteiger partial charge in [-0.2, -0.15) is 0 Å². The SMILES string of the molecule is C[C@@H](C(=O)N1CCC[C@@H](c2nccs2)C1)N1CCCCCC1. The maximum atomic E-state index is 12.9. The van der Waals surface area contributed by atoms with Gasteiger partial charge in [-0.05, 0) is 45.7 Å². The van der Waals surface area contributed by atoms with Crippen LogP contribution in [0.1, 0.15) is 56.4 Å². The molecular formula is C17H27N3OS. The molecule has 22 heavy (non-hydrogen) atoms. The van der Waals surface area contributed by atoms with Crippen molar-refractivity contribution in [3.05, 3.63) is 16.6 Å². The van der Waals surface area contributed by atoms with Gasteiger partial charge in [0, 0.05) is 30.6 Å². The minimum absolute atomic E-state index is 0.0353. The van der Waals surface area contributed by atoms with Crippen molar-refractivity contribution in [2.24, 2.45) is 0 Å². The van der Waals surface area contributed by atoms with E-state index in [9.17, 15) is 4.79 Å². The highest BCUT2D eigenvalue weighted by Crippen LogP contribution is 2.28. The van der Waals surface area contributed by atoms with Crippen molar-refractivity contribution in [1.82, 2.24) is 14.8 Å². The molecule has 0 aliphatic carbocycles. The van der Waals surface area contributed by atoms with Crippen LogP contribution in [0.4, 0.5) is 0 Å².